The molecule has 362 valence electrons. The molecule has 0 aromatic heterocycles. The zero-order valence-electron chi connectivity index (χ0n) is 42.6. The lowest BCUT2D eigenvalue weighted by atomic mass is 9.79. The smallest absolute Gasteiger partial charge is 0.344 e. The fraction of sp³-hybridized carbons (Fsp3) is 0.448. The minimum absolute atomic E-state index is 0.134. The molecule has 2 aliphatic rings. The predicted octanol–water partition coefficient (Wildman–Crippen LogP) is 10.2. The molecule has 0 aliphatic heterocycles. The molecule has 2 amide bonds. The number of carbonyl (C=O) groups excluding carboxylic acids is 3. The Morgan fingerprint density at radius 1 is 0.544 bits per heavy atom. The van der Waals surface area contributed by atoms with E-state index in [0.717, 1.165) is 44.5 Å². The van der Waals surface area contributed by atoms with Gasteiger partial charge in [0.2, 0.25) is 0 Å². The maximum absolute atomic E-state index is 13.5. The summed E-state index contributed by atoms with van der Waals surface area (Å²) in [4.78, 5) is 38.9. The van der Waals surface area contributed by atoms with Crippen molar-refractivity contribution in [1.29, 1.82) is 0 Å². The number of ether oxygens (including phenoxy) is 3. The Labute approximate surface area is 403 Å². The molecule has 4 N–H and O–H groups in total. The van der Waals surface area contributed by atoms with Crippen LogP contribution in [0.5, 0.6) is 23.0 Å². The normalized spacial score (nSPS) is 13.8. The molecule has 10 nitrogen and oxygen atoms in total. The van der Waals surface area contributed by atoms with Gasteiger partial charge in [0.1, 0.15) is 23.0 Å². The number of amides is 2. The minimum Gasteiger partial charge on any atom is -0.507 e. The Morgan fingerprint density at radius 2 is 0.897 bits per heavy atom. The molecule has 10 heteroatoms. The van der Waals surface area contributed by atoms with E-state index in [9.17, 15) is 24.6 Å². The number of esters is 1. The van der Waals surface area contributed by atoms with Crippen molar-refractivity contribution >= 4 is 17.8 Å². The van der Waals surface area contributed by atoms with Gasteiger partial charge in [-0.25, -0.2) is 4.79 Å². The van der Waals surface area contributed by atoms with E-state index in [0.29, 0.717) is 39.3 Å². The summed E-state index contributed by atoms with van der Waals surface area (Å²) in [6.07, 6.45) is 6.18. The number of rotatable bonds is 11. The summed E-state index contributed by atoms with van der Waals surface area (Å²) < 4.78 is 18.5. The van der Waals surface area contributed by atoms with Crippen LogP contribution in [-0.2, 0) is 66.5 Å². The first-order chi connectivity index (χ1) is 31.7. The van der Waals surface area contributed by atoms with Gasteiger partial charge >= 0.3 is 5.97 Å². The Balaban J connectivity index is 1.57. The summed E-state index contributed by atoms with van der Waals surface area (Å²) in [5.74, 6) is 0.153. The van der Waals surface area contributed by atoms with E-state index in [1.165, 1.54) is 0 Å². The first-order valence-electron chi connectivity index (χ1n) is 23.9. The van der Waals surface area contributed by atoms with Gasteiger partial charge in [-0.2, -0.15) is 0 Å². The highest BCUT2D eigenvalue weighted by molar-refractivity contribution is 5.96. The van der Waals surface area contributed by atoms with Gasteiger partial charge in [-0.3, -0.25) is 9.59 Å². The Morgan fingerprint density at radius 3 is 1.24 bits per heavy atom. The van der Waals surface area contributed by atoms with Crippen LogP contribution in [0.15, 0.2) is 78.1 Å². The van der Waals surface area contributed by atoms with E-state index in [2.05, 4.69) is 148 Å². The number of carbonyl (C=O) groups is 3. The van der Waals surface area contributed by atoms with Crippen molar-refractivity contribution in [2.75, 3.05) is 32.9 Å². The molecule has 0 atom stereocenters. The van der Waals surface area contributed by atoms with Crippen molar-refractivity contribution in [3.8, 4) is 23.0 Å². The Kier molecular flexibility index (Phi) is 15.2. The molecule has 0 saturated carbocycles. The van der Waals surface area contributed by atoms with Gasteiger partial charge in [-0.15, -0.1) is 5.73 Å². The van der Waals surface area contributed by atoms with Crippen molar-refractivity contribution in [2.45, 2.75) is 137 Å². The first-order valence-corrected chi connectivity index (χ1v) is 23.9. The highest BCUT2D eigenvalue weighted by atomic mass is 16.6. The van der Waals surface area contributed by atoms with Crippen molar-refractivity contribution in [3.05, 3.63) is 145 Å². The molecule has 4 aromatic rings. The van der Waals surface area contributed by atoms with Gasteiger partial charge in [0, 0.05) is 38.8 Å². The lowest BCUT2D eigenvalue weighted by Gasteiger charge is -2.28. The third kappa shape index (κ3) is 12.4. The lowest BCUT2D eigenvalue weighted by molar-refractivity contribution is -0.145. The molecule has 8 bridgehead atoms. The number of nitrogens with one attached hydrogen (secondary N) is 2. The molecular formula is C58H72N2O8. The summed E-state index contributed by atoms with van der Waals surface area (Å²) in [6.45, 7) is 27.6. The van der Waals surface area contributed by atoms with Crippen LogP contribution in [-0.4, -0.2) is 60.9 Å². The number of benzene rings is 4. The maximum atomic E-state index is 13.5. The zero-order valence-corrected chi connectivity index (χ0v) is 42.6. The Hall–Kier alpha value is -6.25. The van der Waals surface area contributed by atoms with E-state index >= 15 is 0 Å². The molecule has 0 radical (unpaired) electrons. The molecular weight excluding hydrogens is 853 g/mol. The molecule has 0 unspecified atom stereocenters. The average molecular weight is 925 g/mol. The highest BCUT2D eigenvalue weighted by Gasteiger charge is 2.29. The van der Waals surface area contributed by atoms with Gasteiger partial charge in [-0.05, 0) is 107 Å². The van der Waals surface area contributed by atoms with Crippen molar-refractivity contribution in [2.24, 2.45) is 0 Å². The third-order valence-corrected chi connectivity index (χ3v) is 12.6. The average Bonchev–Trinajstić information content (AvgIpc) is 3.78. The van der Waals surface area contributed by atoms with E-state index in [1.807, 2.05) is 0 Å². The SMILES string of the molecule is CCOC(=O)COc1c2cc(C(C)(C)C)cc1Cc1cc(C(C)(C)C)cc(c1O)Cc1cc(C(C)(C)C)cc(c1OCC(=O)NCCNC(=O)C1=C=CC=C1)Cc1cc(C(C)(C)C)cc(c1O)C2. The molecule has 0 spiro atoms. The van der Waals surface area contributed by atoms with E-state index in [4.69, 9.17) is 14.2 Å². The molecule has 0 fully saturated rings. The predicted molar refractivity (Wildman–Crippen MR) is 269 cm³/mol. The second-order valence-corrected chi connectivity index (χ2v) is 22.3. The summed E-state index contributed by atoms with van der Waals surface area (Å²) in [5, 5.41) is 30.8. The summed E-state index contributed by atoms with van der Waals surface area (Å²) in [5.41, 5.74) is 12.1. The van der Waals surface area contributed by atoms with Crippen LogP contribution in [0, 0.1) is 0 Å². The van der Waals surface area contributed by atoms with Crippen LogP contribution in [0.4, 0.5) is 0 Å². The summed E-state index contributed by atoms with van der Waals surface area (Å²) in [6, 6.07) is 16.7. The quantitative estimate of drug-likeness (QED) is 0.0583. The molecule has 2 aliphatic carbocycles. The number of aromatic hydroxyl groups is 2. The van der Waals surface area contributed by atoms with Crippen LogP contribution in [0.1, 0.15) is 157 Å². The highest BCUT2D eigenvalue weighted by Crippen LogP contribution is 2.44. The lowest BCUT2D eigenvalue weighted by Crippen LogP contribution is -2.37. The summed E-state index contributed by atoms with van der Waals surface area (Å²) >= 11 is 0. The van der Waals surface area contributed by atoms with Crippen LogP contribution < -0.4 is 20.1 Å². The fourth-order valence-electron chi connectivity index (χ4n) is 8.48. The van der Waals surface area contributed by atoms with E-state index in [1.54, 1.807) is 25.2 Å². The summed E-state index contributed by atoms with van der Waals surface area (Å²) in [7, 11) is 0. The second-order valence-electron chi connectivity index (χ2n) is 22.3. The van der Waals surface area contributed by atoms with Gasteiger partial charge < -0.3 is 35.1 Å². The minimum atomic E-state index is -0.491. The number of phenolic OH excluding ortho intramolecular Hbond substituents is 2. The van der Waals surface area contributed by atoms with Gasteiger partial charge in [-0.1, -0.05) is 138 Å². The van der Waals surface area contributed by atoms with Crippen molar-refractivity contribution < 1.29 is 38.8 Å². The monoisotopic (exact) mass is 925 g/mol. The molecule has 0 heterocycles. The number of fused-ring (bicyclic) bond motifs is 8. The van der Waals surface area contributed by atoms with Gasteiger partial charge in [0.05, 0.1) is 12.2 Å². The zero-order chi connectivity index (χ0) is 49.9. The second kappa shape index (κ2) is 20.1. The van der Waals surface area contributed by atoms with E-state index in [-0.39, 0.29) is 104 Å². The van der Waals surface area contributed by atoms with Crippen molar-refractivity contribution in [1.82, 2.24) is 10.6 Å². The largest absolute Gasteiger partial charge is 0.507 e. The van der Waals surface area contributed by atoms with Crippen LogP contribution in [0.3, 0.4) is 0 Å². The topological polar surface area (TPSA) is 143 Å². The van der Waals surface area contributed by atoms with Crippen LogP contribution in [0.2, 0.25) is 0 Å². The van der Waals surface area contributed by atoms with Gasteiger partial charge in [0.15, 0.2) is 13.2 Å². The van der Waals surface area contributed by atoms with Crippen LogP contribution in [0.25, 0.3) is 0 Å². The molecule has 68 heavy (non-hydrogen) atoms. The maximum Gasteiger partial charge on any atom is 0.344 e. The molecule has 4 aromatic carbocycles. The standard InChI is InChI=1S/C58H72N2O8/c1-14-66-49(62)34-68-53-42-23-38-27-44(55(2,3)4)25-36(50(38)63)21-40-29-46(57(8,9)10)30-41(52(40)67-33-48(61)59-19-20-60-54(65)35-17-15-16-18-35)22-37-26-45(56(5,6)7)28-39(51(37)64)24-43(53)32-47(31-42)58(11,12)13/h15-17,25-32,63-64H,14,19-24,33-34H2,1-13H3,(H,59,61)(H,60,65). The first kappa shape index (κ1) is 51.1. The molecule has 0 saturated heterocycles. The fourth-order valence-corrected chi connectivity index (χ4v) is 8.48. The van der Waals surface area contributed by atoms with Crippen molar-refractivity contribution in [3.63, 3.8) is 0 Å². The van der Waals surface area contributed by atoms with Crippen LogP contribution >= 0.6 is 0 Å². The number of phenols is 2. The number of allylic oxidation sites excluding steroid dienone is 1. The number of hydrogen-bond donors (Lipinski definition) is 4. The number of hydrogen-bond acceptors (Lipinski definition) is 8. The Bertz CT molecular complexity index is 2570. The molecule has 6 rings (SSSR count). The van der Waals surface area contributed by atoms with Gasteiger partial charge in [0.25, 0.3) is 11.8 Å². The van der Waals surface area contributed by atoms with E-state index < -0.39 is 5.97 Å². The third-order valence-electron chi connectivity index (χ3n) is 12.6.